The Morgan fingerprint density at radius 2 is 2.12 bits per heavy atom. The van der Waals surface area contributed by atoms with Crippen molar-refractivity contribution >= 4 is 17.4 Å². The molecule has 0 spiro atoms. The van der Waals surface area contributed by atoms with Crippen molar-refractivity contribution in [3.05, 3.63) is 24.3 Å². The van der Waals surface area contributed by atoms with Crippen LogP contribution >= 0.6 is 0 Å². The fourth-order valence-electron chi connectivity index (χ4n) is 1.73. The van der Waals surface area contributed by atoms with Crippen LogP contribution in [-0.2, 0) is 9.59 Å². The summed E-state index contributed by atoms with van der Waals surface area (Å²) in [4.78, 5) is 24.3. The molecule has 4 heteroatoms. The molecule has 0 unspecified atom stereocenters. The number of para-hydroxylation sites is 2. The van der Waals surface area contributed by atoms with Gasteiger partial charge in [-0.2, -0.15) is 0 Å². The molecule has 0 radical (unpaired) electrons. The minimum absolute atomic E-state index is 0.0382. The Bertz CT molecular complexity index is 502. The van der Waals surface area contributed by atoms with Gasteiger partial charge in [-0.05, 0) is 12.1 Å². The third-order valence-electron chi connectivity index (χ3n) is 2.45. The molecule has 1 heterocycles. The Kier molecular flexibility index (Phi) is 3.10. The van der Waals surface area contributed by atoms with Gasteiger partial charge in [-0.1, -0.05) is 18.1 Å². The fourth-order valence-corrected chi connectivity index (χ4v) is 1.73. The number of amides is 1. The van der Waals surface area contributed by atoms with Crippen molar-refractivity contribution in [1.29, 1.82) is 0 Å². The second-order valence-corrected chi connectivity index (χ2v) is 3.66. The molecule has 0 aromatic heterocycles. The number of ketones is 1. The Labute approximate surface area is 99.2 Å². The number of rotatable bonds is 3. The highest BCUT2D eigenvalue weighted by atomic mass is 16.5. The summed E-state index contributed by atoms with van der Waals surface area (Å²) in [6.07, 6.45) is 5.08. The van der Waals surface area contributed by atoms with Crippen LogP contribution in [0.2, 0.25) is 0 Å². The van der Waals surface area contributed by atoms with E-state index in [4.69, 9.17) is 11.2 Å². The van der Waals surface area contributed by atoms with E-state index in [9.17, 15) is 9.59 Å². The van der Waals surface area contributed by atoms with Gasteiger partial charge in [-0.15, -0.1) is 6.42 Å². The lowest BCUT2D eigenvalue weighted by Crippen LogP contribution is -2.25. The average Bonchev–Trinajstić information content (AvgIpc) is 2.66. The average molecular weight is 229 g/mol. The fraction of sp³-hybridized carbons (Fsp3) is 0.231. The highest BCUT2D eigenvalue weighted by Crippen LogP contribution is 2.30. The molecule has 1 amide bonds. The third-order valence-corrected chi connectivity index (χ3v) is 2.45. The minimum Gasteiger partial charge on any atom is -0.479 e. The van der Waals surface area contributed by atoms with Crippen LogP contribution < -0.4 is 9.64 Å². The Balaban J connectivity index is 2.29. The van der Waals surface area contributed by atoms with Gasteiger partial charge in [-0.3, -0.25) is 9.59 Å². The molecule has 4 nitrogen and oxygen atoms in total. The molecule has 1 aromatic carbocycles. The molecule has 0 atom stereocenters. The summed E-state index contributed by atoms with van der Waals surface area (Å²) < 4.78 is 5.34. The van der Waals surface area contributed by atoms with Crippen LogP contribution in [0.5, 0.6) is 5.75 Å². The lowest BCUT2D eigenvalue weighted by atomic mass is 10.2. The lowest BCUT2D eigenvalue weighted by molar-refractivity contribution is -0.121. The van der Waals surface area contributed by atoms with Gasteiger partial charge in [0, 0.05) is 0 Å². The number of Topliss-reactive ketones (excluding diaryl/α,β-unsaturated/α-hetero) is 1. The smallest absolute Gasteiger partial charge is 0.235 e. The van der Waals surface area contributed by atoms with E-state index in [1.54, 1.807) is 24.3 Å². The molecule has 0 aliphatic carbocycles. The monoisotopic (exact) mass is 229 g/mol. The second kappa shape index (κ2) is 4.71. The van der Waals surface area contributed by atoms with E-state index >= 15 is 0 Å². The zero-order chi connectivity index (χ0) is 12.3. The first kappa shape index (κ1) is 11.2. The molecular formula is C13H11NO3. The number of anilines is 1. The van der Waals surface area contributed by atoms with E-state index in [0.29, 0.717) is 11.4 Å². The molecule has 17 heavy (non-hydrogen) atoms. The second-order valence-electron chi connectivity index (χ2n) is 3.66. The molecule has 1 aliphatic rings. The maximum atomic E-state index is 11.6. The predicted molar refractivity (Wildman–Crippen MR) is 62.7 cm³/mol. The van der Waals surface area contributed by atoms with Crippen LogP contribution in [0.15, 0.2) is 24.3 Å². The SMILES string of the molecule is C#CCOc1ccccc1N1CC(=O)CC1=O. The topological polar surface area (TPSA) is 46.6 Å². The molecule has 1 aliphatic heterocycles. The van der Waals surface area contributed by atoms with Crippen molar-refractivity contribution in [2.45, 2.75) is 6.42 Å². The quantitative estimate of drug-likeness (QED) is 0.574. The summed E-state index contributed by atoms with van der Waals surface area (Å²) in [5.74, 6) is 2.60. The maximum absolute atomic E-state index is 11.6. The van der Waals surface area contributed by atoms with Crippen molar-refractivity contribution < 1.29 is 14.3 Å². The minimum atomic E-state index is -0.202. The maximum Gasteiger partial charge on any atom is 0.235 e. The summed E-state index contributed by atoms with van der Waals surface area (Å²) >= 11 is 0. The van der Waals surface area contributed by atoms with Gasteiger partial charge in [0.2, 0.25) is 5.91 Å². The number of carbonyl (C=O) groups excluding carboxylic acids is 2. The highest BCUT2D eigenvalue weighted by Gasteiger charge is 2.30. The van der Waals surface area contributed by atoms with Crippen LogP contribution in [-0.4, -0.2) is 24.8 Å². The van der Waals surface area contributed by atoms with Gasteiger partial charge in [-0.25, -0.2) is 0 Å². The summed E-state index contributed by atoms with van der Waals surface area (Å²) in [5, 5.41) is 0. The van der Waals surface area contributed by atoms with E-state index in [-0.39, 0.29) is 31.3 Å². The third kappa shape index (κ3) is 2.28. The summed E-state index contributed by atoms with van der Waals surface area (Å²) in [6.45, 7) is 0.238. The van der Waals surface area contributed by atoms with Crippen LogP contribution in [0.1, 0.15) is 6.42 Å². The van der Waals surface area contributed by atoms with Gasteiger partial charge in [0.1, 0.15) is 12.4 Å². The number of carbonyl (C=O) groups is 2. The van der Waals surface area contributed by atoms with E-state index in [2.05, 4.69) is 5.92 Å². The zero-order valence-electron chi connectivity index (χ0n) is 9.18. The normalized spacial score (nSPS) is 14.9. The van der Waals surface area contributed by atoms with E-state index in [0.717, 1.165) is 0 Å². The van der Waals surface area contributed by atoms with E-state index < -0.39 is 0 Å². The summed E-state index contributed by atoms with van der Waals surface area (Å²) in [6, 6.07) is 7.04. The van der Waals surface area contributed by atoms with Gasteiger partial charge in [0.25, 0.3) is 0 Å². The van der Waals surface area contributed by atoms with Crippen molar-refractivity contribution in [3.63, 3.8) is 0 Å². The standard InChI is InChI=1S/C13H11NO3/c1-2-7-17-12-6-4-3-5-11(12)14-9-10(15)8-13(14)16/h1,3-6H,7-9H2. The van der Waals surface area contributed by atoms with Crippen LogP contribution in [0, 0.1) is 12.3 Å². The number of terminal acetylenes is 1. The molecule has 86 valence electrons. The van der Waals surface area contributed by atoms with Crippen LogP contribution in [0.4, 0.5) is 5.69 Å². The molecule has 1 saturated heterocycles. The lowest BCUT2D eigenvalue weighted by Gasteiger charge is -2.18. The van der Waals surface area contributed by atoms with Crippen molar-refractivity contribution in [1.82, 2.24) is 0 Å². The van der Waals surface area contributed by atoms with Crippen molar-refractivity contribution in [2.75, 3.05) is 18.1 Å². The zero-order valence-corrected chi connectivity index (χ0v) is 9.18. The highest BCUT2D eigenvalue weighted by molar-refractivity contribution is 6.15. The van der Waals surface area contributed by atoms with Gasteiger partial charge >= 0.3 is 0 Å². The largest absolute Gasteiger partial charge is 0.479 e. The number of hydrogen-bond donors (Lipinski definition) is 0. The van der Waals surface area contributed by atoms with Gasteiger partial charge in [0.15, 0.2) is 5.78 Å². The van der Waals surface area contributed by atoms with Gasteiger partial charge in [0.05, 0.1) is 18.7 Å². The summed E-state index contributed by atoms with van der Waals surface area (Å²) in [7, 11) is 0. The number of hydrogen-bond acceptors (Lipinski definition) is 3. The molecule has 0 bridgehead atoms. The molecule has 0 saturated carbocycles. The number of ether oxygens (including phenoxy) is 1. The first-order chi connectivity index (χ1) is 8.22. The number of benzene rings is 1. The van der Waals surface area contributed by atoms with Crippen molar-refractivity contribution in [2.24, 2.45) is 0 Å². The molecular weight excluding hydrogens is 218 g/mol. The van der Waals surface area contributed by atoms with E-state index in [1.807, 2.05) is 0 Å². The Morgan fingerprint density at radius 1 is 1.35 bits per heavy atom. The van der Waals surface area contributed by atoms with Crippen LogP contribution in [0.25, 0.3) is 0 Å². The number of nitrogens with zero attached hydrogens (tertiary/aromatic N) is 1. The molecule has 2 rings (SSSR count). The molecule has 1 fully saturated rings. The first-order valence-corrected chi connectivity index (χ1v) is 5.19. The van der Waals surface area contributed by atoms with Crippen molar-refractivity contribution in [3.8, 4) is 18.1 Å². The van der Waals surface area contributed by atoms with Gasteiger partial charge < -0.3 is 9.64 Å². The van der Waals surface area contributed by atoms with Crippen LogP contribution in [0.3, 0.4) is 0 Å². The Hall–Kier alpha value is -2.28. The predicted octanol–water partition coefficient (Wildman–Crippen LogP) is 1.00. The summed E-state index contributed by atoms with van der Waals surface area (Å²) in [5.41, 5.74) is 0.596. The van der Waals surface area contributed by atoms with E-state index in [1.165, 1.54) is 4.90 Å². The molecule has 1 aromatic rings. The first-order valence-electron chi connectivity index (χ1n) is 5.19. The molecule has 0 N–H and O–H groups in total. The Morgan fingerprint density at radius 3 is 2.76 bits per heavy atom.